The smallest absolute Gasteiger partial charge is 0.212 e. The lowest BCUT2D eigenvalue weighted by Gasteiger charge is -2.19. The Morgan fingerprint density at radius 2 is 1.71 bits per heavy atom. The molecule has 0 fully saturated rings. The van der Waals surface area contributed by atoms with E-state index in [0.717, 1.165) is 25.7 Å². The number of unbranched alkanes of at least 4 members (excludes halogenated alkanes) is 2. The van der Waals surface area contributed by atoms with Gasteiger partial charge in [0.05, 0.1) is 5.75 Å². The van der Waals surface area contributed by atoms with E-state index in [1.165, 1.54) is 4.31 Å². The van der Waals surface area contributed by atoms with E-state index in [1.807, 2.05) is 6.92 Å². The minimum absolute atomic E-state index is 0.267. The maximum absolute atomic E-state index is 11.7. The lowest BCUT2D eigenvalue weighted by Crippen LogP contribution is -2.33. The van der Waals surface area contributed by atoms with E-state index in [2.05, 4.69) is 13.8 Å². The third kappa shape index (κ3) is 4.96. The molecule has 0 saturated carbocycles. The maximum atomic E-state index is 11.7. The van der Waals surface area contributed by atoms with E-state index in [4.69, 9.17) is 0 Å². The predicted octanol–water partition coefficient (Wildman–Crippen LogP) is 2.05. The van der Waals surface area contributed by atoms with Gasteiger partial charge in [-0.1, -0.05) is 26.7 Å². The standard InChI is InChI=1S/C10H22NO2S/c1-4-7-9-11(6-3)14(12,13)10-8-5-2/h3-10H2,1-2H3. The Morgan fingerprint density at radius 1 is 1.14 bits per heavy atom. The van der Waals surface area contributed by atoms with Crippen molar-refractivity contribution in [1.82, 2.24) is 4.31 Å². The van der Waals surface area contributed by atoms with E-state index in [0.29, 0.717) is 13.1 Å². The SMILES string of the molecule is [CH2]CN(CCCC)S(=O)(=O)CCCC. The van der Waals surface area contributed by atoms with E-state index in [9.17, 15) is 8.42 Å². The third-order valence-corrected chi connectivity index (χ3v) is 4.12. The summed E-state index contributed by atoms with van der Waals surface area (Å²) in [6, 6.07) is 0. The summed E-state index contributed by atoms with van der Waals surface area (Å²) in [5.41, 5.74) is 0. The van der Waals surface area contributed by atoms with Gasteiger partial charge in [0.1, 0.15) is 0 Å². The highest BCUT2D eigenvalue weighted by molar-refractivity contribution is 7.89. The van der Waals surface area contributed by atoms with Gasteiger partial charge in [-0.3, -0.25) is 0 Å². The molecule has 0 aromatic carbocycles. The Labute approximate surface area is 88.5 Å². The Kier molecular flexibility index (Phi) is 7.19. The summed E-state index contributed by atoms with van der Waals surface area (Å²) >= 11 is 0. The Hall–Kier alpha value is -0.0900. The number of hydrogen-bond donors (Lipinski definition) is 0. The van der Waals surface area contributed by atoms with Crippen LogP contribution >= 0.6 is 0 Å². The fraction of sp³-hybridized carbons (Fsp3) is 0.900. The van der Waals surface area contributed by atoms with Crippen LogP contribution in [0.4, 0.5) is 0 Å². The zero-order valence-corrected chi connectivity index (χ0v) is 10.1. The quantitative estimate of drug-likeness (QED) is 0.628. The summed E-state index contributed by atoms with van der Waals surface area (Å²) in [6.45, 7) is 8.68. The van der Waals surface area contributed by atoms with Gasteiger partial charge in [-0.25, -0.2) is 12.7 Å². The second kappa shape index (κ2) is 7.23. The van der Waals surface area contributed by atoms with Gasteiger partial charge in [-0.05, 0) is 19.8 Å². The molecular weight excluding hydrogens is 198 g/mol. The molecule has 0 amide bonds. The lowest BCUT2D eigenvalue weighted by molar-refractivity contribution is 0.430. The zero-order chi connectivity index (χ0) is 11.0. The Bertz CT molecular complexity index is 224. The van der Waals surface area contributed by atoms with Crippen LogP contribution in [-0.2, 0) is 10.0 Å². The molecule has 0 N–H and O–H groups in total. The fourth-order valence-electron chi connectivity index (χ4n) is 1.18. The topological polar surface area (TPSA) is 37.4 Å². The van der Waals surface area contributed by atoms with Crippen molar-refractivity contribution < 1.29 is 8.42 Å². The van der Waals surface area contributed by atoms with Crippen LogP contribution in [0.3, 0.4) is 0 Å². The van der Waals surface area contributed by atoms with Gasteiger partial charge >= 0.3 is 0 Å². The molecule has 85 valence electrons. The largest absolute Gasteiger partial charge is 0.214 e. The summed E-state index contributed by atoms with van der Waals surface area (Å²) in [7, 11) is -3.04. The fourth-order valence-corrected chi connectivity index (χ4v) is 2.78. The van der Waals surface area contributed by atoms with Crippen LogP contribution in [0.5, 0.6) is 0 Å². The van der Waals surface area contributed by atoms with Gasteiger partial charge in [-0.15, -0.1) is 0 Å². The highest BCUT2D eigenvalue weighted by Crippen LogP contribution is 2.06. The lowest BCUT2D eigenvalue weighted by atomic mass is 10.3. The molecule has 0 atom stereocenters. The first-order chi connectivity index (χ1) is 6.58. The molecule has 0 saturated heterocycles. The monoisotopic (exact) mass is 220 g/mol. The van der Waals surface area contributed by atoms with Crippen molar-refractivity contribution in [1.29, 1.82) is 0 Å². The Morgan fingerprint density at radius 3 is 2.14 bits per heavy atom. The average Bonchev–Trinajstić information content (AvgIpc) is 2.16. The van der Waals surface area contributed by atoms with Crippen molar-refractivity contribution in [2.24, 2.45) is 0 Å². The molecule has 0 aromatic heterocycles. The number of sulfonamides is 1. The molecule has 0 bridgehead atoms. The first-order valence-electron chi connectivity index (χ1n) is 5.35. The van der Waals surface area contributed by atoms with Gasteiger partial charge in [0, 0.05) is 13.1 Å². The molecule has 0 aliphatic rings. The molecule has 14 heavy (non-hydrogen) atoms. The predicted molar refractivity (Wildman–Crippen MR) is 60.5 cm³/mol. The first kappa shape index (κ1) is 13.9. The summed E-state index contributed by atoms with van der Waals surface area (Å²) in [5.74, 6) is 0.267. The van der Waals surface area contributed by atoms with Gasteiger partial charge in [0.2, 0.25) is 10.0 Å². The number of rotatable bonds is 8. The molecule has 4 heteroatoms. The van der Waals surface area contributed by atoms with Crippen molar-refractivity contribution >= 4 is 10.0 Å². The van der Waals surface area contributed by atoms with Crippen molar-refractivity contribution in [3.8, 4) is 0 Å². The molecular formula is C10H22NO2S. The molecule has 3 nitrogen and oxygen atoms in total. The van der Waals surface area contributed by atoms with Crippen LogP contribution < -0.4 is 0 Å². The first-order valence-corrected chi connectivity index (χ1v) is 6.96. The highest BCUT2D eigenvalue weighted by Gasteiger charge is 2.18. The minimum atomic E-state index is -3.04. The molecule has 0 aromatic rings. The summed E-state index contributed by atoms with van der Waals surface area (Å²) < 4.78 is 24.9. The molecule has 0 heterocycles. The van der Waals surface area contributed by atoms with E-state index >= 15 is 0 Å². The van der Waals surface area contributed by atoms with E-state index in [-0.39, 0.29) is 5.75 Å². The van der Waals surface area contributed by atoms with Crippen LogP contribution in [-0.4, -0.2) is 31.6 Å². The van der Waals surface area contributed by atoms with Crippen LogP contribution in [0.1, 0.15) is 39.5 Å². The van der Waals surface area contributed by atoms with E-state index < -0.39 is 10.0 Å². The maximum Gasteiger partial charge on any atom is 0.214 e. The van der Waals surface area contributed by atoms with Crippen molar-refractivity contribution in [2.45, 2.75) is 39.5 Å². The van der Waals surface area contributed by atoms with Crippen molar-refractivity contribution in [3.05, 3.63) is 6.92 Å². The van der Waals surface area contributed by atoms with Gasteiger partial charge < -0.3 is 0 Å². The van der Waals surface area contributed by atoms with Crippen LogP contribution in [0, 0.1) is 6.92 Å². The van der Waals surface area contributed by atoms with Gasteiger partial charge in [-0.2, -0.15) is 0 Å². The molecule has 0 aliphatic heterocycles. The van der Waals surface area contributed by atoms with Crippen molar-refractivity contribution in [3.63, 3.8) is 0 Å². The molecule has 0 rings (SSSR count). The molecule has 1 radical (unpaired) electrons. The number of hydrogen-bond acceptors (Lipinski definition) is 2. The van der Waals surface area contributed by atoms with Crippen LogP contribution in [0.25, 0.3) is 0 Å². The summed E-state index contributed by atoms with van der Waals surface area (Å²) in [4.78, 5) is 0. The summed E-state index contributed by atoms with van der Waals surface area (Å²) in [5, 5.41) is 0. The summed E-state index contributed by atoms with van der Waals surface area (Å²) in [6.07, 6.45) is 3.59. The highest BCUT2D eigenvalue weighted by atomic mass is 32.2. The Balaban J connectivity index is 4.19. The second-order valence-corrected chi connectivity index (χ2v) is 5.51. The molecule has 0 unspecified atom stereocenters. The van der Waals surface area contributed by atoms with E-state index in [1.54, 1.807) is 0 Å². The molecule has 0 aliphatic carbocycles. The number of nitrogens with zero attached hydrogens (tertiary/aromatic N) is 1. The minimum Gasteiger partial charge on any atom is -0.212 e. The zero-order valence-electron chi connectivity index (χ0n) is 9.33. The third-order valence-electron chi connectivity index (χ3n) is 2.16. The normalized spacial score (nSPS) is 12.3. The molecule has 0 spiro atoms. The van der Waals surface area contributed by atoms with Crippen molar-refractivity contribution in [2.75, 3.05) is 18.8 Å². The average molecular weight is 220 g/mol. The van der Waals surface area contributed by atoms with Crippen LogP contribution in [0.15, 0.2) is 0 Å². The van der Waals surface area contributed by atoms with Gasteiger partial charge in [0.15, 0.2) is 0 Å². The van der Waals surface area contributed by atoms with Crippen LogP contribution in [0.2, 0.25) is 0 Å². The second-order valence-electron chi connectivity index (χ2n) is 3.42. The van der Waals surface area contributed by atoms with Gasteiger partial charge in [0.25, 0.3) is 0 Å².